The van der Waals surface area contributed by atoms with E-state index in [1.54, 1.807) is 0 Å². The molecule has 0 amide bonds. The van der Waals surface area contributed by atoms with Gasteiger partial charge in [0.15, 0.2) is 0 Å². The van der Waals surface area contributed by atoms with Crippen LogP contribution in [0.25, 0.3) is 0 Å². The Labute approximate surface area is 90.3 Å². The van der Waals surface area contributed by atoms with E-state index in [2.05, 4.69) is 18.7 Å². The second-order valence-corrected chi connectivity index (χ2v) is 3.77. The summed E-state index contributed by atoms with van der Waals surface area (Å²) in [5.41, 5.74) is -0.366. The Kier molecular flexibility index (Phi) is 11.1. The molecule has 88 valence electrons. The largest absolute Gasteiger partial charge is 0.389 e. The molecule has 1 unspecified atom stereocenters. The van der Waals surface area contributed by atoms with Gasteiger partial charge in [-0.2, -0.15) is 0 Å². The number of aliphatic hydroxyl groups is 1. The standard InChI is InChI=1S/C7H15NO.C3H8.C2H6/c1-3-7(9)4-5-8(2)6-7;1-3-2;1-2/h9H,3-6H2,1-2H3;3H2,1-2H3;1-2H3. The molecule has 0 bridgehead atoms. The Morgan fingerprint density at radius 3 is 1.79 bits per heavy atom. The molecule has 1 atom stereocenters. The van der Waals surface area contributed by atoms with Gasteiger partial charge in [0.25, 0.3) is 0 Å². The monoisotopic (exact) mass is 203 g/mol. The van der Waals surface area contributed by atoms with Crippen LogP contribution >= 0.6 is 0 Å². The van der Waals surface area contributed by atoms with Crippen LogP contribution in [0.3, 0.4) is 0 Å². The summed E-state index contributed by atoms with van der Waals surface area (Å²) in [5, 5.41) is 9.63. The summed E-state index contributed by atoms with van der Waals surface area (Å²) in [6, 6.07) is 0. The van der Waals surface area contributed by atoms with Crippen LogP contribution in [0.2, 0.25) is 0 Å². The van der Waals surface area contributed by atoms with E-state index < -0.39 is 0 Å². The fraction of sp³-hybridized carbons (Fsp3) is 1.00. The molecule has 0 aliphatic carbocycles. The smallest absolute Gasteiger partial charge is 0.0783 e. The molecular weight excluding hydrogens is 174 g/mol. The van der Waals surface area contributed by atoms with Crippen LogP contribution in [-0.4, -0.2) is 35.7 Å². The molecule has 2 nitrogen and oxygen atoms in total. The molecule has 0 saturated carbocycles. The fourth-order valence-corrected chi connectivity index (χ4v) is 1.35. The third kappa shape index (κ3) is 7.34. The van der Waals surface area contributed by atoms with Crippen LogP contribution in [0.15, 0.2) is 0 Å². The maximum Gasteiger partial charge on any atom is 0.0783 e. The summed E-state index contributed by atoms with van der Waals surface area (Å²) >= 11 is 0. The molecule has 0 radical (unpaired) electrons. The highest BCUT2D eigenvalue weighted by Crippen LogP contribution is 2.22. The van der Waals surface area contributed by atoms with E-state index in [1.165, 1.54) is 6.42 Å². The van der Waals surface area contributed by atoms with Gasteiger partial charge in [-0.05, 0) is 19.9 Å². The second-order valence-electron chi connectivity index (χ2n) is 3.77. The lowest BCUT2D eigenvalue weighted by Gasteiger charge is -2.19. The second kappa shape index (κ2) is 9.47. The molecule has 14 heavy (non-hydrogen) atoms. The molecule has 0 aromatic carbocycles. The Hall–Kier alpha value is -0.0800. The van der Waals surface area contributed by atoms with Crippen molar-refractivity contribution in [1.29, 1.82) is 0 Å². The van der Waals surface area contributed by atoms with E-state index in [0.29, 0.717) is 0 Å². The van der Waals surface area contributed by atoms with E-state index in [0.717, 1.165) is 25.9 Å². The van der Waals surface area contributed by atoms with Crippen molar-refractivity contribution in [2.24, 2.45) is 0 Å². The lowest BCUT2D eigenvalue weighted by molar-refractivity contribution is 0.0481. The van der Waals surface area contributed by atoms with Crippen molar-refractivity contribution in [2.45, 2.75) is 59.5 Å². The van der Waals surface area contributed by atoms with Crippen LogP contribution in [0.5, 0.6) is 0 Å². The number of hydrogen-bond acceptors (Lipinski definition) is 2. The van der Waals surface area contributed by atoms with Gasteiger partial charge in [0.1, 0.15) is 0 Å². The Morgan fingerprint density at radius 1 is 1.21 bits per heavy atom. The van der Waals surface area contributed by atoms with Gasteiger partial charge >= 0.3 is 0 Å². The normalized spacial score (nSPS) is 25.9. The lowest BCUT2D eigenvalue weighted by atomic mass is 10.0. The third-order valence-corrected chi connectivity index (χ3v) is 2.18. The zero-order valence-electron chi connectivity index (χ0n) is 10.9. The Morgan fingerprint density at radius 2 is 1.64 bits per heavy atom. The summed E-state index contributed by atoms with van der Waals surface area (Å²) < 4.78 is 0. The number of likely N-dealkylation sites (N-methyl/N-ethyl adjacent to an activating group) is 1. The maximum absolute atomic E-state index is 9.63. The first-order chi connectivity index (χ1) is 6.58. The fourth-order valence-electron chi connectivity index (χ4n) is 1.35. The van der Waals surface area contributed by atoms with Crippen LogP contribution in [0, 0.1) is 0 Å². The van der Waals surface area contributed by atoms with Gasteiger partial charge in [0.05, 0.1) is 5.60 Å². The van der Waals surface area contributed by atoms with Gasteiger partial charge in [-0.15, -0.1) is 0 Å². The summed E-state index contributed by atoms with van der Waals surface area (Å²) in [6.07, 6.45) is 3.08. The maximum atomic E-state index is 9.63. The van der Waals surface area contributed by atoms with E-state index in [9.17, 15) is 5.11 Å². The molecule has 1 heterocycles. The third-order valence-electron chi connectivity index (χ3n) is 2.18. The molecule has 1 saturated heterocycles. The zero-order chi connectivity index (χ0) is 11.6. The van der Waals surface area contributed by atoms with E-state index in [4.69, 9.17) is 0 Å². The molecule has 0 aromatic rings. The Bertz CT molecular complexity index is 117. The minimum Gasteiger partial charge on any atom is -0.389 e. The van der Waals surface area contributed by atoms with Crippen molar-refractivity contribution in [3.05, 3.63) is 0 Å². The first-order valence-electron chi connectivity index (χ1n) is 5.99. The SMILES string of the molecule is CC.CCC.CCC1(O)CCN(C)C1. The minimum absolute atomic E-state index is 0.366. The van der Waals surface area contributed by atoms with Gasteiger partial charge in [0.2, 0.25) is 0 Å². The van der Waals surface area contributed by atoms with Crippen LogP contribution in [0.1, 0.15) is 53.9 Å². The van der Waals surface area contributed by atoms with Crippen LogP contribution in [-0.2, 0) is 0 Å². The number of β-amino-alcohol motifs (C(OH)–C–C–N with tert-alkyl or cyclic N) is 1. The summed E-state index contributed by atoms with van der Waals surface area (Å²) in [5.74, 6) is 0. The number of nitrogens with zero attached hydrogens (tertiary/aromatic N) is 1. The highest BCUT2D eigenvalue weighted by atomic mass is 16.3. The summed E-state index contributed by atoms with van der Waals surface area (Å²) in [6.45, 7) is 12.2. The first kappa shape index (κ1) is 16.4. The summed E-state index contributed by atoms with van der Waals surface area (Å²) in [4.78, 5) is 2.17. The topological polar surface area (TPSA) is 23.5 Å². The predicted molar refractivity (Wildman–Crippen MR) is 64.7 cm³/mol. The highest BCUT2D eigenvalue weighted by molar-refractivity contribution is 4.86. The van der Waals surface area contributed by atoms with Crippen molar-refractivity contribution < 1.29 is 5.11 Å². The highest BCUT2D eigenvalue weighted by Gasteiger charge is 2.31. The number of likely N-dealkylation sites (tertiary alicyclic amines) is 1. The van der Waals surface area contributed by atoms with Gasteiger partial charge < -0.3 is 10.0 Å². The minimum atomic E-state index is -0.366. The number of hydrogen-bond donors (Lipinski definition) is 1. The van der Waals surface area contributed by atoms with Crippen molar-refractivity contribution in [2.75, 3.05) is 20.1 Å². The van der Waals surface area contributed by atoms with Gasteiger partial charge in [0, 0.05) is 13.1 Å². The molecule has 1 fully saturated rings. The van der Waals surface area contributed by atoms with Crippen LogP contribution < -0.4 is 0 Å². The van der Waals surface area contributed by atoms with Gasteiger partial charge in [-0.1, -0.05) is 41.0 Å². The van der Waals surface area contributed by atoms with E-state index >= 15 is 0 Å². The lowest BCUT2D eigenvalue weighted by Crippen LogP contribution is -2.30. The van der Waals surface area contributed by atoms with E-state index in [-0.39, 0.29) is 5.60 Å². The van der Waals surface area contributed by atoms with Crippen molar-refractivity contribution in [3.63, 3.8) is 0 Å². The average molecular weight is 203 g/mol. The zero-order valence-corrected chi connectivity index (χ0v) is 10.9. The first-order valence-corrected chi connectivity index (χ1v) is 5.99. The summed E-state index contributed by atoms with van der Waals surface area (Å²) in [7, 11) is 2.05. The van der Waals surface area contributed by atoms with Crippen LogP contribution in [0.4, 0.5) is 0 Å². The average Bonchev–Trinajstić information content (AvgIpc) is 2.52. The van der Waals surface area contributed by atoms with Gasteiger partial charge in [-0.25, -0.2) is 0 Å². The van der Waals surface area contributed by atoms with Crippen molar-refractivity contribution >= 4 is 0 Å². The molecule has 1 rings (SSSR count). The molecule has 1 N–H and O–H groups in total. The molecule has 0 spiro atoms. The van der Waals surface area contributed by atoms with Gasteiger partial charge in [-0.3, -0.25) is 0 Å². The predicted octanol–water partition coefficient (Wildman–Crippen LogP) is 2.91. The van der Waals surface area contributed by atoms with E-state index in [1.807, 2.05) is 27.8 Å². The molecule has 1 aliphatic rings. The van der Waals surface area contributed by atoms with Crippen molar-refractivity contribution in [1.82, 2.24) is 4.90 Å². The molecular formula is C12H29NO. The quantitative estimate of drug-likeness (QED) is 0.708. The Balaban J connectivity index is 0. The molecule has 0 aromatic heterocycles. The number of rotatable bonds is 1. The molecule has 1 aliphatic heterocycles. The van der Waals surface area contributed by atoms with Crippen molar-refractivity contribution in [3.8, 4) is 0 Å². The molecule has 2 heteroatoms.